The zero-order chi connectivity index (χ0) is 13.6. The SMILES string of the molecule is CCC(=O)c1ccccc1OCCS(=O)(=O)CC. The first-order valence-electron chi connectivity index (χ1n) is 5.95. The van der Waals surface area contributed by atoms with Crippen LogP contribution in [0.25, 0.3) is 0 Å². The van der Waals surface area contributed by atoms with Crippen molar-refractivity contribution in [3.05, 3.63) is 29.8 Å². The van der Waals surface area contributed by atoms with E-state index in [2.05, 4.69) is 0 Å². The Morgan fingerprint density at radius 3 is 2.50 bits per heavy atom. The van der Waals surface area contributed by atoms with E-state index in [0.717, 1.165) is 0 Å². The lowest BCUT2D eigenvalue weighted by molar-refractivity contribution is 0.0984. The van der Waals surface area contributed by atoms with Gasteiger partial charge < -0.3 is 4.74 Å². The molecule has 1 aromatic carbocycles. The Morgan fingerprint density at radius 2 is 1.89 bits per heavy atom. The van der Waals surface area contributed by atoms with Gasteiger partial charge in [-0.1, -0.05) is 26.0 Å². The number of benzene rings is 1. The Kier molecular flexibility index (Phi) is 5.34. The molecule has 0 aromatic heterocycles. The lowest BCUT2D eigenvalue weighted by atomic mass is 10.1. The smallest absolute Gasteiger partial charge is 0.166 e. The van der Waals surface area contributed by atoms with Crippen molar-refractivity contribution in [2.75, 3.05) is 18.1 Å². The molecule has 0 aliphatic rings. The topological polar surface area (TPSA) is 60.4 Å². The first-order valence-corrected chi connectivity index (χ1v) is 7.77. The van der Waals surface area contributed by atoms with E-state index < -0.39 is 9.84 Å². The summed E-state index contributed by atoms with van der Waals surface area (Å²) >= 11 is 0. The minimum absolute atomic E-state index is 0.0102. The molecule has 0 atom stereocenters. The van der Waals surface area contributed by atoms with Crippen LogP contribution in [0.4, 0.5) is 0 Å². The van der Waals surface area contributed by atoms with Crippen molar-refractivity contribution < 1.29 is 17.9 Å². The molecule has 1 aromatic rings. The normalized spacial score (nSPS) is 11.2. The first-order chi connectivity index (χ1) is 8.50. The van der Waals surface area contributed by atoms with Gasteiger partial charge in [0.05, 0.1) is 11.3 Å². The summed E-state index contributed by atoms with van der Waals surface area (Å²) in [6, 6.07) is 6.89. The maximum absolute atomic E-state index is 11.7. The molecule has 0 aliphatic heterocycles. The van der Waals surface area contributed by atoms with Crippen molar-refractivity contribution in [2.24, 2.45) is 0 Å². The molecular weight excluding hydrogens is 252 g/mol. The number of para-hydroxylation sites is 1. The molecule has 0 aliphatic carbocycles. The van der Waals surface area contributed by atoms with Crippen LogP contribution in [0, 0.1) is 0 Å². The van der Waals surface area contributed by atoms with Crippen LogP contribution in [0.5, 0.6) is 5.75 Å². The highest BCUT2D eigenvalue weighted by atomic mass is 32.2. The molecule has 0 bridgehead atoms. The fraction of sp³-hybridized carbons (Fsp3) is 0.462. The van der Waals surface area contributed by atoms with E-state index in [-0.39, 0.29) is 23.9 Å². The number of hydrogen-bond acceptors (Lipinski definition) is 4. The summed E-state index contributed by atoms with van der Waals surface area (Å²) < 4.78 is 28.0. The molecule has 4 nitrogen and oxygen atoms in total. The Labute approximate surface area is 108 Å². The standard InChI is InChI=1S/C13H18O4S/c1-3-12(14)11-7-5-6-8-13(11)17-9-10-18(15,16)4-2/h5-8H,3-4,9-10H2,1-2H3. The molecule has 0 fully saturated rings. The van der Waals surface area contributed by atoms with Crippen LogP contribution in [0.3, 0.4) is 0 Å². The molecular formula is C13H18O4S. The minimum Gasteiger partial charge on any atom is -0.492 e. The van der Waals surface area contributed by atoms with E-state index in [1.54, 1.807) is 38.1 Å². The summed E-state index contributed by atoms with van der Waals surface area (Å²) in [5.41, 5.74) is 0.508. The van der Waals surface area contributed by atoms with Gasteiger partial charge in [-0.3, -0.25) is 4.79 Å². The maximum Gasteiger partial charge on any atom is 0.166 e. The van der Waals surface area contributed by atoms with Crippen molar-refractivity contribution >= 4 is 15.6 Å². The second-order valence-corrected chi connectivity index (χ2v) is 6.33. The molecule has 100 valence electrons. The zero-order valence-corrected chi connectivity index (χ0v) is 11.5. The molecule has 18 heavy (non-hydrogen) atoms. The highest BCUT2D eigenvalue weighted by Crippen LogP contribution is 2.19. The second-order valence-electron chi connectivity index (χ2n) is 3.86. The van der Waals surface area contributed by atoms with Crippen LogP contribution in [0.2, 0.25) is 0 Å². The van der Waals surface area contributed by atoms with E-state index in [9.17, 15) is 13.2 Å². The van der Waals surface area contributed by atoms with E-state index in [1.165, 1.54) is 0 Å². The quantitative estimate of drug-likeness (QED) is 0.712. The average molecular weight is 270 g/mol. The minimum atomic E-state index is -3.04. The van der Waals surface area contributed by atoms with Crippen molar-refractivity contribution in [2.45, 2.75) is 20.3 Å². The van der Waals surface area contributed by atoms with Crippen molar-refractivity contribution in [3.63, 3.8) is 0 Å². The predicted octanol–water partition coefficient (Wildman–Crippen LogP) is 2.09. The zero-order valence-electron chi connectivity index (χ0n) is 10.7. The highest BCUT2D eigenvalue weighted by molar-refractivity contribution is 7.91. The Balaban J connectivity index is 2.71. The third kappa shape index (κ3) is 4.14. The second kappa shape index (κ2) is 6.54. The summed E-state index contributed by atoms with van der Waals surface area (Å²) in [6.45, 7) is 3.45. The van der Waals surface area contributed by atoms with Crippen LogP contribution >= 0.6 is 0 Å². The number of rotatable bonds is 7. The number of carbonyl (C=O) groups excluding carboxylic acids is 1. The van der Waals surface area contributed by atoms with Gasteiger partial charge in [-0.05, 0) is 12.1 Å². The van der Waals surface area contributed by atoms with Gasteiger partial charge >= 0.3 is 0 Å². The number of sulfone groups is 1. The summed E-state index contributed by atoms with van der Waals surface area (Å²) in [5, 5.41) is 0. The van der Waals surface area contributed by atoms with E-state index >= 15 is 0 Å². The largest absolute Gasteiger partial charge is 0.492 e. The summed E-state index contributed by atoms with van der Waals surface area (Å²) in [5.74, 6) is 0.518. The van der Waals surface area contributed by atoms with Gasteiger partial charge in [0, 0.05) is 12.2 Å². The van der Waals surface area contributed by atoms with Gasteiger partial charge in [0.15, 0.2) is 15.6 Å². The van der Waals surface area contributed by atoms with Crippen LogP contribution in [0.1, 0.15) is 30.6 Å². The van der Waals surface area contributed by atoms with Crippen molar-refractivity contribution in [1.82, 2.24) is 0 Å². The highest BCUT2D eigenvalue weighted by Gasteiger charge is 2.12. The van der Waals surface area contributed by atoms with Crippen LogP contribution in [0.15, 0.2) is 24.3 Å². The van der Waals surface area contributed by atoms with Gasteiger partial charge in [0.25, 0.3) is 0 Å². The number of hydrogen-bond donors (Lipinski definition) is 0. The molecule has 5 heteroatoms. The molecule has 1 rings (SSSR count). The van der Waals surface area contributed by atoms with Crippen molar-refractivity contribution in [3.8, 4) is 5.75 Å². The van der Waals surface area contributed by atoms with Gasteiger partial charge in [-0.25, -0.2) is 8.42 Å². The number of ether oxygens (including phenoxy) is 1. The van der Waals surface area contributed by atoms with Gasteiger partial charge in [-0.2, -0.15) is 0 Å². The number of carbonyl (C=O) groups is 1. The van der Waals surface area contributed by atoms with Crippen molar-refractivity contribution in [1.29, 1.82) is 0 Å². The van der Waals surface area contributed by atoms with Crippen LogP contribution in [-0.2, 0) is 9.84 Å². The van der Waals surface area contributed by atoms with Gasteiger partial charge in [0.1, 0.15) is 12.4 Å². The van der Waals surface area contributed by atoms with Gasteiger partial charge in [-0.15, -0.1) is 0 Å². The fourth-order valence-corrected chi connectivity index (χ4v) is 2.06. The van der Waals surface area contributed by atoms with Crippen LogP contribution in [-0.4, -0.2) is 32.3 Å². The first kappa shape index (κ1) is 14.7. The molecule has 0 radical (unpaired) electrons. The molecule has 0 saturated heterocycles. The molecule has 0 N–H and O–H groups in total. The lowest BCUT2D eigenvalue weighted by Gasteiger charge is -2.10. The Morgan fingerprint density at radius 1 is 1.22 bits per heavy atom. The predicted molar refractivity (Wildman–Crippen MR) is 70.9 cm³/mol. The molecule has 0 unspecified atom stereocenters. The van der Waals surface area contributed by atoms with E-state index in [4.69, 9.17) is 4.74 Å². The average Bonchev–Trinajstić information content (AvgIpc) is 2.38. The molecule has 0 amide bonds. The van der Waals surface area contributed by atoms with Gasteiger partial charge in [0.2, 0.25) is 0 Å². The van der Waals surface area contributed by atoms with E-state index in [0.29, 0.717) is 17.7 Å². The molecule has 0 heterocycles. The summed E-state index contributed by atoms with van der Waals surface area (Å²) in [4.78, 5) is 11.7. The maximum atomic E-state index is 11.7. The Bertz CT molecular complexity index is 505. The Hall–Kier alpha value is -1.36. The number of Topliss-reactive ketones (excluding diaryl/α,β-unsaturated/α-hetero) is 1. The number of ketones is 1. The molecule has 0 spiro atoms. The lowest BCUT2D eigenvalue weighted by Crippen LogP contribution is -2.16. The van der Waals surface area contributed by atoms with Crippen LogP contribution < -0.4 is 4.74 Å². The fourth-order valence-electron chi connectivity index (χ4n) is 1.44. The van der Waals surface area contributed by atoms with E-state index in [1.807, 2.05) is 0 Å². The monoisotopic (exact) mass is 270 g/mol. The third-order valence-corrected chi connectivity index (χ3v) is 4.27. The molecule has 0 saturated carbocycles. The summed E-state index contributed by atoms with van der Waals surface area (Å²) in [6.07, 6.45) is 0.396. The third-order valence-electron chi connectivity index (χ3n) is 2.60. The summed E-state index contributed by atoms with van der Waals surface area (Å²) in [7, 11) is -3.04.